The average molecular weight is 342 g/mol. The third kappa shape index (κ3) is 4.79. The van der Waals surface area contributed by atoms with Crippen molar-refractivity contribution in [1.82, 2.24) is 0 Å². The lowest BCUT2D eigenvalue weighted by molar-refractivity contribution is -0.116. The van der Waals surface area contributed by atoms with Crippen molar-refractivity contribution in [1.29, 1.82) is 0 Å². The summed E-state index contributed by atoms with van der Waals surface area (Å²) in [4.78, 5) is 34.8. The SMILES string of the molecule is CC(=O)Nc1cccc(NC(=O)CCc2cc(C(C)=O)c(C)o2)c1C. The van der Waals surface area contributed by atoms with Crippen LogP contribution in [0.15, 0.2) is 28.7 Å². The summed E-state index contributed by atoms with van der Waals surface area (Å²) in [6.45, 7) is 6.48. The van der Waals surface area contributed by atoms with Gasteiger partial charge in [-0.05, 0) is 44.5 Å². The molecular formula is C19H22N2O4. The number of carbonyl (C=O) groups is 3. The number of aryl methyl sites for hydroxylation is 2. The highest BCUT2D eigenvalue weighted by Gasteiger charge is 2.13. The number of furan rings is 1. The van der Waals surface area contributed by atoms with Gasteiger partial charge in [-0.1, -0.05) is 6.07 Å². The number of Topliss-reactive ketones (excluding diaryl/α,β-unsaturated/α-hetero) is 1. The first-order valence-corrected chi connectivity index (χ1v) is 8.05. The smallest absolute Gasteiger partial charge is 0.224 e. The van der Waals surface area contributed by atoms with Gasteiger partial charge in [0.1, 0.15) is 11.5 Å². The van der Waals surface area contributed by atoms with Crippen LogP contribution >= 0.6 is 0 Å². The number of carbonyl (C=O) groups excluding carboxylic acids is 3. The Morgan fingerprint density at radius 3 is 2.24 bits per heavy atom. The fraction of sp³-hybridized carbons (Fsp3) is 0.316. The Morgan fingerprint density at radius 1 is 1.04 bits per heavy atom. The largest absolute Gasteiger partial charge is 0.466 e. The zero-order valence-electron chi connectivity index (χ0n) is 14.9. The predicted octanol–water partition coefficient (Wildman–Crippen LogP) is 3.63. The molecule has 132 valence electrons. The zero-order chi connectivity index (χ0) is 18.6. The molecule has 1 heterocycles. The number of benzene rings is 1. The molecule has 1 aromatic carbocycles. The molecule has 2 amide bonds. The number of nitrogens with one attached hydrogen (secondary N) is 2. The molecule has 0 aliphatic carbocycles. The van der Waals surface area contributed by atoms with Crippen molar-refractivity contribution in [2.45, 2.75) is 40.5 Å². The zero-order valence-corrected chi connectivity index (χ0v) is 14.9. The van der Waals surface area contributed by atoms with Crippen LogP contribution in [0.2, 0.25) is 0 Å². The summed E-state index contributed by atoms with van der Waals surface area (Å²) in [5, 5.41) is 5.57. The number of ketones is 1. The second-order valence-electron chi connectivity index (χ2n) is 5.95. The molecule has 2 aromatic rings. The molecule has 25 heavy (non-hydrogen) atoms. The van der Waals surface area contributed by atoms with E-state index in [0.717, 1.165) is 5.56 Å². The van der Waals surface area contributed by atoms with Crippen molar-refractivity contribution in [3.8, 4) is 0 Å². The molecule has 2 N–H and O–H groups in total. The van der Waals surface area contributed by atoms with Gasteiger partial charge in [-0.25, -0.2) is 0 Å². The minimum atomic E-state index is -0.166. The van der Waals surface area contributed by atoms with Gasteiger partial charge in [0, 0.05) is 31.1 Å². The molecule has 1 aromatic heterocycles. The third-order valence-corrected chi connectivity index (χ3v) is 3.87. The van der Waals surface area contributed by atoms with Crippen molar-refractivity contribution in [2.24, 2.45) is 0 Å². The van der Waals surface area contributed by atoms with Gasteiger partial charge >= 0.3 is 0 Å². The van der Waals surface area contributed by atoms with Gasteiger partial charge in [0.2, 0.25) is 11.8 Å². The first-order chi connectivity index (χ1) is 11.8. The number of anilines is 2. The third-order valence-electron chi connectivity index (χ3n) is 3.87. The average Bonchev–Trinajstić information content (AvgIpc) is 2.90. The minimum absolute atomic E-state index is 0.0534. The number of hydrogen-bond donors (Lipinski definition) is 2. The first-order valence-electron chi connectivity index (χ1n) is 8.05. The molecule has 0 unspecified atom stereocenters. The van der Waals surface area contributed by atoms with Crippen LogP contribution in [0.25, 0.3) is 0 Å². The lowest BCUT2D eigenvalue weighted by Gasteiger charge is -2.12. The highest BCUT2D eigenvalue weighted by atomic mass is 16.3. The van der Waals surface area contributed by atoms with E-state index in [1.165, 1.54) is 13.8 Å². The predicted molar refractivity (Wildman–Crippen MR) is 95.9 cm³/mol. The van der Waals surface area contributed by atoms with Crippen molar-refractivity contribution in [3.05, 3.63) is 46.9 Å². The van der Waals surface area contributed by atoms with E-state index in [4.69, 9.17) is 4.42 Å². The van der Waals surface area contributed by atoms with Crippen molar-refractivity contribution < 1.29 is 18.8 Å². The van der Waals surface area contributed by atoms with Crippen molar-refractivity contribution in [3.63, 3.8) is 0 Å². The maximum atomic E-state index is 12.2. The van der Waals surface area contributed by atoms with Gasteiger partial charge in [-0.3, -0.25) is 14.4 Å². The van der Waals surface area contributed by atoms with Crippen LogP contribution < -0.4 is 10.6 Å². The van der Waals surface area contributed by atoms with Crippen LogP contribution in [0, 0.1) is 13.8 Å². The van der Waals surface area contributed by atoms with E-state index in [-0.39, 0.29) is 24.0 Å². The summed E-state index contributed by atoms with van der Waals surface area (Å²) < 4.78 is 5.51. The number of amides is 2. The van der Waals surface area contributed by atoms with Crippen LogP contribution in [-0.2, 0) is 16.0 Å². The maximum Gasteiger partial charge on any atom is 0.224 e. The lowest BCUT2D eigenvalue weighted by Crippen LogP contribution is -2.14. The molecule has 0 aliphatic rings. The van der Waals surface area contributed by atoms with Crippen LogP contribution in [0.5, 0.6) is 0 Å². The fourth-order valence-electron chi connectivity index (χ4n) is 2.56. The van der Waals surface area contributed by atoms with E-state index in [1.807, 2.05) is 6.92 Å². The van der Waals surface area contributed by atoms with Gasteiger partial charge in [-0.15, -0.1) is 0 Å². The van der Waals surface area contributed by atoms with E-state index in [9.17, 15) is 14.4 Å². The summed E-state index contributed by atoms with van der Waals surface area (Å²) >= 11 is 0. The maximum absolute atomic E-state index is 12.2. The molecule has 0 saturated carbocycles. The topological polar surface area (TPSA) is 88.4 Å². The molecule has 0 aliphatic heterocycles. The molecule has 0 atom stereocenters. The summed E-state index contributed by atoms with van der Waals surface area (Å²) in [5.74, 6) is 0.799. The van der Waals surface area contributed by atoms with E-state index in [0.29, 0.717) is 34.9 Å². The number of hydrogen-bond acceptors (Lipinski definition) is 4. The Hall–Kier alpha value is -2.89. The molecule has 0 fully saturated rings. The monoisotopic (exact) mass is 342 g/mol. The highest BCUT2D eigenvalue weighted by molar-refractivity contribution is 5.96. The Morgan fingerprint density at radius 2 is 1.68 bits per heavy atom. The fourth-order valence-corrected chi connectivity index (χ4v) is 2.56. The van der Waals surface area contributed by atoms with Crippen LogP contribution in [0.1, 0.15) is 47.7 Å². The second kappa shape index (κ2) is 7.79. The van der Waals surface area contributed by atoms with Crippen LogP contribution in [-0.4, -0.2) is 17.6 Å². The van der Waals surface area contributed by atoms with Gasteiger partial charge in [0.25, 0.3) is 0 Å². The molecule has 6 heteroatoms. The molecule has 2 rings (SSSR count). The second-order valence-corrected chi connectivity index (χ2v) is 5.95. The van der Waals surface area contributed by atoms with E-state index in [2.05, 4.69) is 10.6 Å². The van der Waals surface area contributed by atoms with Gasteiger partial charge in [0.15, 0.2) is 5.78 Å². The molecule has 0 radical (unpaired) electrons. The van der Waals surface area contributed by atoms with Crippen LogP contribution in [0.4, 0.5) is 11.4 Å². The van der Waals surface area contributed by atoms with E-state index >= 15 is 0 Å². The van der Waals surface area contributed by atoms with Crippen LogP contribution in [0.3, 0.4) is 0 Å². The molecule has 0 spiro atoms. The van der Waals surface area contributed by atoms with Crippen molar-refractivity contribution in [2.75, 3.05) is 10.6 Å². The van der Waals surface area contributed by atoms with E-state index in [1.54, 1.807) is 31.2 Å². The summed E-state index contributed by atoms with van der Waals surface area (Å²) in [5.41, 5.74) is 2.65. The molecule has 6 nitrogen and oxygen atoms in total. The summed E-state index contributed by atoms with van der Waals surface area (Å²) in [7, 11) is 0. The Kier molecular flexibility index (Phi) is 5.75. The van der Waals surface area contributed by atoms with Gasteiger partial charge < -0.3 is 15.1 Å². The first kappa shape index (κ1) is 18.4. The standard InChI is InChI=1S/C19H22N2O4/c1-11-17(20-14(4)23)6-5-7-18(11)21-19(24)9-8-15-10-16(12(2)22)13(3)25-15/h5-7,10H,8-9H2,1-4H3,(H,20,23)(H,21,24). The Bertz CT molecular complexity index is 821. The molecule has 0 bridgehead atoms. The number of rotatable bonds is 6. The summed E-state index contributed by atoms with van der Waals surface area (Å²) in [6.07, 6.45) is 0.637. The molecule has 0 saturated heterocycles. The normalized spacial score (nSPS) is 10.4. The quantitative estimate of drug-likeness (QED) is 0.785. The Balaban J connectivity index is 2.00. The highest BCUT2D eigenvalue weighted by Crippen LogP contribution is 2.24. The lowest BCUT2D eigenvalue weighted by atomic mass is 10.1. The molecular weight excluding hydrogens is 320 g/mol. The minimum Gasteiger partial charge on any atom is -0.466 e. The van der Waals surface area contributed by atoms with Gasteiger partial charge in [0.05, 0.1) is 5.56 Å². The Labute approximate surface area is 146 Å². The van der Waals surface area contributed by atoms with E-state index < -0.39 is 0 Å². The van der Waals surface area contributed by atoms with Gasteiger partial charge in [-0.2, -0.15) is 0 Å². The summed E-state index contributed by atoms with van der Waals surface area (Å²) in [6, 6.07) is 7.02. The van der Waals surface area contributed by atoms with Crippen molar-refractivity contribution >= 4 is 29.0 Å².